The molecule has 0 spiro atoms. The van der Waals surface area contributed by atoms with Gasteiger partial charge in [-0.15, -0.1) is 0 Å². The van der Waals surface area contributed by atoms with Gasteiger partial charge < -0.3 is 9.47 Å². The van der Waals surface area contributed by atoms with Crippen molar-refractivity contribution in [1.82, 2.24) is 14.4 Å². The highest BCUT2D eigenvalue weighted by atomic mass is 19.1. The first-order valence-electron chi connectivity index (χ1n) is 11.6. The molecule has 0 bridgehead atoms. The summed E-state index contributed by atoms with van der Waals surface area (Å²) in [7, 11) is 2.05. The molecule has 1 aliphatic heterocycles. The molecule has 1 amide bonds. The summed E-state index contributed by atoms with van der Waals surface area (Å²) < 4.78 is 29.5. The second-order valence-corrected chi connectivity index (χ2v) is 9.42. The largest absolute Gasteiger partial charge is 0.353 e. The summed E-state index contributed by atoms with van der Waals surface area (Å²) in [6.45, 7) is 3.16. The van der Waals surface area contributed by atoms with Crippen molar-refractivity contribution in [1.29, 1.82) is 0 Å². The number of aryl methyl sites for hydroxylation is 1. The Kier molecular flexibility index (Phi) is 6.02. The Morgan fingerprint density at radius 2 is 1.79 bits per heavy atom. The molecule has 1 aromatic heterocycles. The lowest BCUT2D eigenvalue weighted by atomic mass is 9.88. The lowest BCUT2D eigenvalue weighted by molar-refractivity contribution is 0.0710. The van der Waals surface area contributed by atoms with Gasteiger partial charge in [0.1, 0.15) is 11.6 Å². The maximum Gasteiger partial charge on any atom is 0.254 e. The molecule has 1 saturated carbocycles. The highest BCUT2D eigenvalue weighted by molar-refractivity contribution is 5.94. The fourth-order valence-corrected chi connectivity index (χ4v) is 5.08. The number of benzene rings is 2. The first-order valence-corrected chi connectivity index (χ1v) is 11.6. The van der Waals surface area contributed by atoms with E-state index in [0.29, 0.717) is 12.1 Å². The average molecular weight is 450 g/mol. The van der Waals surface area contributed by atoms with E-state index in [1.54, 1.807) is 12.1 Å². The second-order valence-electron chi connectivity index (χ2n) is 9.42. The molecule has 1 aliphatic carbocycles. The van der Waals surface area contributed by atoms with Crippen molar-refractivity contribution in [3.05, 3.63) is 95.3 Å². The van der Waals surface area contributed by atoms with Crippen molar-refractivity contribution < 1.29 is 13.6 Å². The van der Waals surface area contributed by atoms with Crippen LogP contribution in [0.25, 0.3) is 0 Å². The van der Waals surface area contributed by atoms with Crippen LogP contribution in [0, 0.1) is 17.6 Å². The van der Waals surface area contributed by atoms with Crippen LogP contribution in [0.5, 0.6) is 0 Å². The molecule has 5 rings (SSSR count). The van der Waals surface area contributed by atoms with E-state index in [1.807, 2.05) is 36.3 Å². The third-order valence-electron chi connectivity index (χ3n) is 7.00. The fourth-order valence-electron chi connectivity index (χ4n) is 5.08. The van der Waals surface area contributed by atoms with Gasteiger partial charge in [0, 0.05) is 62.6 Å². The maximum absolute atomic E-state index is 13.8. The molecule has 172 valence electrons. The predicted octanol–water partition coefficient (Wildman–Crippen LogP) is 4.82. The molecule has 4 nitrogen and oxygen atoms in total. The first-order chi connectivity index (χ1) is 16.0. The highest BCUT2D eigenvalue weighted by Gasteiger charge is 2.40. The van der Waals surface area contributed by atoms with E-state index in [1.165, 1.54) is 30.0 Å². The number of rotatable bonds is 7. The van der Waals surface area contributed by atoms with Gasteiger partial charge in [-0.25, -0.2) is 8.78 Å². The van der Waals surface area contributed by atoms with Gasteiger partial charge in [0.15, 0.2) is 0 Å². The third kappa shape index (κ3) is 4.86. The Labute approximate surface area is 193 Å². The van der Waals surface area contributed by atoms with Crippen LogP contribution in [0.1, 0.15) is 40.4 Å². The van der Waals surface area contributed by atoms with Crippen molar-refractivity contribution in [2.75, 3.05) is 19.6 Å². The van der Waals surface area contributed by atoms with Gasteiger partial charge in [-0.3, -0.25) is 9.69 Å². The minimum absolute atomic E-state index is 0.101. The second kappa shape index (κ2) is 9.10. The molecule has 2 atom stereocenters. The zero-order chi connectivity index (χ0) is 22.9. The number of hydrogen-bond acceptors (Lipinski definition) is 2. The maximum atomic E-state index is 13.8. The quantitative estimate of drug-likeness (QED) is 0.517. The monoisotopic (exact) mass is 449 g/mol. The standard InChI is InChI=1S/C27H29F2N3O/c1-30-13-3-6-25(30)17-31-15-21(26(18-31)19-7-9-22(28)10-8-19)16-32(24-11-12-24)27(33)20-4-2-5-23(29)14-20/h2-10,13-14,21,24,26H,11-12,15-18H2,1H3. The zero-order valence-corrected chi connectivity index (χ0v) is 18.8. The van der Waals surface area contributed by atoms with Gasteiger partial charge in [-0.2, -0.15) is 0 Å². The Balaban J connectivity index is 1.39. The number of carbonyl (C=O) groups is 1. The fraction of sp³-hybridized carbons (Fsp3) is 0.370. The summed E-state index contributed by atoms with van der Waals surface area (Å²) >= 11 is 0. The average Bonchev–Trinajstić information content (AvgIpc) is 3.46. The minimum atomic E-state index is -0.393. The number of nitrogens with zero attached hydrogens (tertiary/aromatic N) is 3. The summed E-state index contributed by atoms with van der Waals surface area (Å²) in [6.07, 6.45) is 4.02. The van der Waals surface area contributed by atoms with Crippen LogP contribution in [-0.2, 0) is 13.6 Å². The highest BCUT2D eigenvalue weighted by Crippen LogP contribution is 2.37. The number of amides is 1. The summed E-state index contributed by atoms with van der Waals surface area (Å²) in [6, 6.07) is 17.1. The molecule has 0 N–H and O–H groups in total. The number of likely N-dealkylation sites (tertiary alicyclic amines) is 1. The molecule has 6 heteroatoms. The molecule has 3 aromatic rings. The molecular formula is C27H29F2N3O. The van der Waals surface area contributed by atoms with E-state index in [0.717, 1.165) is 38.0 Å². The van der Waals surface area contributed by atoms with E-state index < -0.39 is 5.82 Å². The van der Waals surface area contributed by atoms with Crippen LogP contribution in [0.3, 0.4) is 0 Å². The van der Waals surface area contributed by atoms with Crippen LogP contribution >= 0.6 is 0 Å². The normalized spacial score (nSPS) is 20.8. The van der Waals surface area contributed by atoms with E-state index in [2.05, 4.69) is 15.5 Å². The van der Waals surface area contributed by atoms with Crippen LogP contribution < -0.4 is 0 Å². The molecule has 2 aromatic carbocycles. The summed E-state index contributed by atoms with van der Waals surface area (Å²) in [5.41, 5.74) is 2.74. The molecular weight excluding hydrogens is 420 g/mol. The Morgan fingerprint density at radius 1 is 1.00 bits per heavy atom. The Morgan fingerprint density at radius 3 is 2.45 bits per heavy atom. The lowest BCUT2D eigenvalue weighted by Crippen LogP contribution is -2.39. The van der Waals surface area contributed by atoms with Gasteiger partial charge in [0.25, 0.3) is 5.91 Å². The van der Waals surface area contributed by atoms with Gasteiger partial charge in [-0.1, -0.05) is 18.2 Å². The van der Waals surface area contributed by atoms with Gasteiger partial charge in [0.05, 0.1) is 0 Å². The topological polar surface area (TPSA) is 28.5 Å². The van der Waals surface area contributed by atoms with Crippen LogP contribution in [0.4, 0.5) is 8.78 Å². The number of halogens is 2. The minimum Gasteiger partial charge on any atom is -0.353 e. The molecule has 0 radical (unpaired) electrons. The van der Waals surface area contributed by atoms with E-state index >= 15 is 0 Å². The number of carbonyl (C=O) groups excluding carboxylic acids is 1. The smallest absolute Gasteiger partial charge is 0.254 e. The van der Waals surface area contributed by atoms with Crippen LogP contribution in [-0.4, -0.2) is 46.0 Å². The molecule has 2 unspecified atom stereocenters. The number of aromatic nitrogens is 1. The van der Waals surface area contributed by atoms with E-state index in [9.17, 15) is 13.6 Å². The third-order valence-corrected chi connectivity index (χ3v) is 7.00. The Hall–Kier alpha value is -2.99. The van der Waals surface area contributed by atoms with E-state index in [4.69, 9.17) is 0 Å². The summed E-state index contributed by atoms with van der Waals surface area (Å²) in [4.78, 5) is 17.7. The summed E-state index contributed by atoms with van der Waals surface area (Å²) in [5.74, 6) is -0.317. The molecule has 33 heavy (non-hydrogen) atoms. The summed E-state index contributed by atoms with van der Waals surface area (Å²) in [5, 5.41) is 0. The van der Waals surface area contributed by atoms with Crippen molar-refractivity contribution in [3.63, 3.8) is 0 Å². The van der Waals surface area contributed by atoms with Crippen LogP contribution in [0.15, 0.2) is 66.9 Å². The zero-order valence-electron chi connectivity index (χ0n) is 18.8. The Bertz CT molecular complexity index is 1120. The van der Waals surface area contributed by atoms with Gasteiger partial charge in [-0.05, 0) is 66.8 Å². The lowest BCUT2D eigenvalue weighted by Gasteiger charge is -2.29. The SMILES string of the molecule is Cn1cccc1CN1CC(CN(C(=O)c2cccc(F)c2)C2CC2)C(c2ccc(F)cc2)C1. The number of hydrogen-bond donors (Lipinski definition) is 0. The van der Waals surface area contributed by atoms with Gasteiger partial charge >= 0.3 is 0 Å². The van der Waals surface area contributed by atoms with Crippen molar-refractivity contribution in [2.45, 2.75) is 31.3 Å². The van der Waals surface area contributed by atoms with Crippen molar-refractivity contribution in [3.8, 4) is 0 Å². The van der Waals surface area contributed by atoms with Crippen molar-refractivity contribution >= 4 is 5.91 Å². The van der Waals surface area contributed by atoms with Crippen molar-refractivity contribution in [2.24, 2.45) is 13.0 Å². The first kappa shape index (κ1) is 21.8. The predicted molar refractivity (Wildman–Crippen MR) is 124 cm³/mol. The molecule has 2 aliphatic rings. The van der Waals surface area contributed by atoms with Crippen LogP contribution in [0.2, 0.25) is 0 Å². The molecule has 2 fully saturated rings. The van der Waals surface area contributed by atoms with Gasteiger partial charge in [0.2, 0.25) is 0 Å². The van der Waals surface area contributed by atoms with E-state index in [-0.39, 0.29) is 29.6 Å². The molecule has 2 heterocycles. The molecule has 1 saturated heterocycles.